The van der Waals surface area contributed by atoms with Crippen LogP contribution in [0.4, 0.5) is 11.6 Å². The van der Waals surface area contributed by atoms with Crippen molar-refractivity contribution in [1.82, 2.24) is 9.97 Å². The van der Waals surface area contributed by atoms with Crippen molar-refractivity contribution in [3.05, 3.63) is 71.4 Å². The molecule has 0 saturated carbocycles. The van der Waals surface area contributed by atoms with E-state index in [1.54, 1.807) is 56.5 Å². The number of nitrogens with one attached hydrogen (secondary N) is 2. The van der Waals surface area contributed by atoms with Crippen molar-refractivity contribution in [3.8, 4) is 0 Å². The second-order valence-electron chi connectivity index (χ2n) is 5.90. The molecule has 8 heteroatoms. The third kappa shape index (κ3) is 4.94. The van der Waals surface area contributed by atoms with E-state index in [2.05, 4.69) is 20.6 Å². The van der Waals surface area contributed by atoms with Gasteiger partial charge in [0.2, 0.25) is 5.95 Å². The van der Waals surface area contributed by atoms with Crippen LogP contribution in [0.5, 0.6) is 0 Å². The second-order valence-corrected chi connectivity index (χ2v) is 5.90. The van der Waals surface area contributed by atoms with Gasteiger partial charge in [0.05, 0.1) is 25.0 Å². The predicted molar refractivity (Wildman–Crippen MR) is 103 cm³/mol. The minimum Gasteiger partial charge on any atom is -0.467 e. The fourth-order valence-electron chi connectivity index (χ4n) is 2.44. The van der Waals surface area contributed by atoms with Crippen LogP contribution in [0.25, 0.3) is 0 Å². The molecule has 0 spiro atoms. The third-order valence-electron chi connectivity index (χ3n) is 3.74. The quantitative estimate of drug-likeness (QED) is 0.605. The molecule has 2 N–H and O–H groups in total. The molecule has 0 aliphatic heterocycles. The molecule has 1 aromatic carbocycles. The molecule has 1 amide bonds. The number of carbonyl (C=O) groups is 2. The predicted octanol–water partition coefficient (Wildman–Crippen LogP) is 3.42. The first-order valence-corrected chi connectivity index (χ1v) is 8.75. The van der Waals surface area contributed by atoms with Crippen LogP contribution in [0, 0.1) is 6.92 Å². The van der Waals surface area contributed by atoms with E-state index in [9.17, 15) is 9.59 Å². The van der Waals surface area contributed by atoms with E-state index in [0.717, 1.165) is 5.76 Å². The van der Waals surface area contributed by atoms with E-state index in [1.165, 1.54) is 0 Å². The lowest BCUT2D eigenvalue weighted by atomic mass is 10.2. The summed E-state index contributed by atoms with van der Waals surface area (Å²) in [6, 6.07) is 11.7. The smallest absolute Gasteiger partial charge is 0.338 e. The average molecular weight is 380 g/mol. The highest BCUT2D eigenvalue weighted by Crippen LogP contribution is 2.13. The number of anilines is 2. The molecule has 0 radical (unpaired) electrons. The molecule has 2 heterocycles. The van der Waals surface area contributed by atoms with Crippen molar-refractivity contribution in [1.29, 1.82) is 0 Å². The van der Waals surface area contributed by atoms with E-state index >= 15 is 0 Å². The van der Waals surface area contributed by atoms with E-state index in [0.29, 0.717) is 36.0 Å². The molecule has 3 aromatic rings. The molecule has 0 aliphatic carbocycles. The molecular formula is C20H20N4O4. The first-order valence-electron chi connectivity index (χ1n) is 8.75. The van der Waals surface area contributed by atoms with Gasteiger partial charge in [0.1, 0.15) is 11.5 Å². The highest BCUT2D eigenvalue weighted by Gasteiger charge is 2.12. The lowest BCUT2D eigenvalue weighted by molar-refractivity contribution is 0.0526. The Kier molecular flexibility index (Phi) is 6.01. The van der Waals surface area contributed by atoms with Crippen LogP contribution in [0.2, 0.25) is 0 Å². The van der Waals surface area contributed by atoms with Gasteiger partial charge in [-0.2, -0.15) is 0 Å². The largest absolute Gasteiger partial charge is 0.467 e. The van der Waals surface area contributed by atoms with Crippen LogP contribution >= 0.6 is 0 Å². The number of hydrogen-bond acceptors (Lipinski definition) is 7. The van der Waals surface area contributed by atoms with Crippen molar-refractivity contribution in [3.63, 3.8) is 0 Å². The summed E-state index contributed by atoms with van der Waals surface area (Å²) >= 11 is 0. The molecule has 2 aromatic heterocycles. The lowest BCUT2D eigenvalue weighted by Gasteiger charge is -2.09. The van der Waals surface area contributed by atoms with Gasteiger partial charge in [0.15, 0.2) is 0 Å². The monoisotopic (exact) mass is 380 g/mol. The molecule has 0 aliphatic rings. The summed E-state index contributed by atoms with van der Waals surface area (Å²) in [5.74, 6) is 0.284. The van der Waals surface area contributed by atoms with Gasteiger partial charge in [-0.25, -0.2) is 14.8 Å². The maximum absolute atomic E-state index is 12.5. The number of hydrogen-bond donors (Lipinski definition) is 2. The standard InChI is InChI=1S/C20H20N4O4/c1-3-27-19(26)14-6-8-15(9-7-14)23-18(25)17-11-13(2)22-20(24-17)21-12-16-5-4-10-28-16/h4-11H,3,12H2,1-2H3,(H,23,25)(H,21,22,24). The van der Waals surface area contributed by atoms with Crippen molar-refractivity contribution in [2.75, 3.05) is 17.2 Å². The molecule has 28 heavy (non-hydrogen) atoms. The highest BCUT2D eigenvalue weighted by molar-refractivity contribution is 6.03. The average Bonchev–Trinajstić information content (AvgIpc) is 3.20. The van der Waals surface area contributed by atoms with Crippen LogP contribution in [0.15, 0.2) is 53.1 Å². The molecule has 3 rings (SSSR count). The maximum atomic E-state index is 12.5. The number of carbonyl (C=O) groups excluding carboxylic acids is 2. The minimum absolute atomic E-state index is 0.226. The zero-order valence-corrected chi connectivity index (χ0v) is 15.6. The van der Waals surface area contributed by atoms with Gasteiger partial charge in [0, 0.05) is 11.4 Å². The Morgan fingerprint density at radius 1 is 1.14 bits per heavy atom. The topological polar surface area (TPSA) is 106 Å². The van der Waals surface area contributed by atoms with E-state index in [4.69, 9.17) is 9.15 Å². The molecule has 0 saturated heterocycles. The normalized spacial score (nSPS) is 10.4. The summed E-state index contributed by atoms with van der Waals surface area (Å²) in [5, 5.41) is 5.78. The molecule has 8 nitrogen and oxygen atoms in total. The van der Waals surface area contributed by atoms with Gasteiger partial charge < -0.3 is 19.8 Å². The van der Waals surface area contributed by atoms with Crippen molar-refractivity contribution in [2.45, 2.75) is 20.4 Å². The van der Waals surface area contributed by atoms with E-state index in [-0.39, 0.29) is 11.6 Å². The van der Waals surface area contributed by atoms with Crippen LogP contribution in [0.1, 0.15) is 39.2 Å². The Morgan fingerprint density at radius 3 is 2.61 bits per heavy atom. The zero-order valence-electron chi connectivity index (χ0n) is 15.6. The fourth-order valence-corrected chi connectivity index (χ4v) is 2.44. The summed E-state index contributed by atoms with van der Waals surface area (Å²) in [6.07, 6.45) is 1.58. The molecule has 0 atom stereocenters. The van der Waals surface area contributed by atoms with E-state index in [1.807, 2.05) is 6.07 Å². The van der Waals surface area contributed by atoms with Crippen LogP contribution < -0.4 is 10.6 Å². The fraction of sp³-hybridized carbons (Fsp3) is 0.200. The summed E-state index contributed by atoms with van der Waals surface area (Å²) in [6.45, 7) is 4.24. The Balaban J connectivity index is 1.67. The second kappa shape index (κ2) is 8.81. The van der Waals surface area contributed by atoms with Gasteiger partial charge in [-0.1, -0.05) is 0 Å². The number of esters is 1. The van der Waals surface area contributed by atoms with Gasteiger partial charge >= 0.3 is 5.97 Å². The molecular weight excluding hydrogens is 360 g/mol. The number of rotatable bonds is 7. The zero-order chi connectivity index (χ0) is 19.9. The van der Waals surface area contributed by atoms with Gasteiger partial charge in [-0.3, -0.25) is 4.79 Å². The molecule has 0 unspecified atom stereocenters. The highest BCUT2D eigenvalue weighted by atomic mass is 16.5. The Labute approximate surface area is 162 Å². The number of nitrogens with zero attached hydrogens (tertiary/aromatic N) is 2. The Morgan fingerprint density at radius 2 is 1.93 bits per heavy atom. The van der Waals surface area contributed by atoms with Crippen LogP contribution in [0.3, 0.4) is 0 Å². The van der Waals surface area contributed by atoms with Crippen molar-refractivity contribution in [2.24, 2.45) is 0 Å². The Bertz CT molecular complexity index is 953. The summed E-state index contributed by atoms with van der Waals surface area (Å²) in [5.41, 5.74) is 1.84. The van der Waals surface area contributed by atoms with Crippen LogP contribution in [-0.2, 0) is 11.3 Å². The molecule has 144 valence electrons. The number of aryl methyl sites for hydroxylation is 1. The SMILES string of the molecule is CCOC(=O)c1ccc(NC(=O)c2cc(C)nc(NCc3ccco3)n2)cc1. The summed E-state index contributed by atoms with van der Waals surface area (Å²) < 4.78 is 10.2. The number of aromatic nitrogens is 2. The molecule has 0 bridgehead atoms. The Hall–Kier alpha value is -3.68. The minimum atomic E-state index is -0.404. The first-order chi connectivity index (χ1) is 13.5. The number of benzene rings is 1. The number of amides is 1. The van der Waals surface area contributed by atoms with Crippen molar-refractivity contribution >= 4 is 23.5 Å². The number of ether oxygens (including phenoxy) is 1. The molecule has 0 fully saturated rings. The van der Waals surface area contributed by atoms with Gasteiger partial charge in [-0.15, -0.1) is 0 Å². The third-order valence-corrected chi connectivity index (χ3v) is 3.74. The van der Waals surface area contributed by atoms with Crippen molar-refractivity contribution < 1.29 is 18.7 Å². The lowest BCUT2D eigenvalue weighted by Crippen LogP contribution is -2.16. The van der Waals surface area contributed by atoms with Crippen LogP contribution in [-0.4, -0.2) is 28.5 Å². The summed E-state index contributed by atoms with van der Waals surface area (Å²) in [4.78, 5) is 32.7. The maximum Gasteiger partial charge on any atom is 0.338 e. The summed E-state index contributed by atoms with van der Waals surface area (Å²) in [7, 11) is 0. The van der Waals surface area contributed by atoms with Gasteiger partial charge in [0.25, 0.3) is 5.91 Å². The number of furan rings is 1. The van der Waals surface area contributed by atoms with E-state index < -0.39 is 5.97 Å². The first kappa shape index (κ1) is 19.1. The van der Waals surface area contributed by atoms with Gasteiger partial charge in [-0.05, 0) is 56.3 Å².